The van der Waals surface area contributed by atoms with Crippen molar-refractivity contribution in [1.82, 2.24) is 0 Å². The van der Waals surface area contributed by atoms with Gasteiger partial charge in [0.2, 0.25) is 0 Å². The minimum atomic E-state index is -4.42. The standard InChI is InChI=1S/C17H17BrF3N3S/c1-3-25-13-7-8-14(18)15(10-13)24(2)16(22)23-12-6-4-5-11(9-12)17(19,20)21/h4-10H,3H2,1-2H3,(H2,22,23). The Hall–Kier alpha value is -1.67. The van der Waals surface area contributed by atoms with Gasteiger partial charge in [-0.15, -0.1) is 11.8 Å². The second-order valence-corrected chi connectivity index (χ2v) is 7.35. The maximum Gasteiger partial charge on any atom is 0.416 e. The number of thioether (sulfide) groups is 1. The van der Waals surface area contributed by atoms with Crippen LogP contribution in [-0.4, -0.2) is 18.8 Å². The van der Waals surface area contributed by atoms with Crippen LogP contribution < -0.4 is 10.2 Å². The summed E-state index contributed by atoms with van der Waals surface area (Å²) in [4.78, 5) is 2.63. The lowest BCUT2D eigenvalue weighted by molar-refractivity contribution is -0.137. The Kier molecular flexibility index (Phi) is 6.40. The number of rotatable bonds is 4. The van der Waals surface area contributed by atoms with Crippen molar-refractivity contribution in [1.29, 1.82) is 5.41 Å². The van der Waals surface area contributed by atoms with Crippen molar-refractivity contribution >= 4 is 45.0 Å². The molecule has 0 heterocycles. The van der Waals surface area contributed by atoms with E-state index in [1.54, 1.807) is 23.7 Å². The van der Waals surface area contributed by atoms with Gasteiger partial charge in [-0.1, -0.05) is 13.0 Å². The zero-order valence-electron chi connectivity index (χ0n) is 13.6. The van der Waals surface area contributed by atoms with Gasteiger partial charge in [-0.05, 0) is 58.1 Å². The summed E-state index contributed by atoms with van der Waals surface area (Å²) in [6.07, 6.45) is -4.42. The summed E-state index contributed by atoms with van der Waals surface area (Å²) in [5.74, 6) is 0.892. The summed E-state index contributed by atoms with van der Waals surface area (Å²) in [6, 6.07) is 10.6. The number of halogens is 4. The van der Waals surface area contributed by atoms with Crippen molar-refractivity contribution in [2.45, 2.75) is 18.0 Å². The van der Waals surface area contributed by atoms with Gasteiger partial charge in [-0.25, -0.2) is 0 Å². The Morgan fingerprint density at radius 1 is 1.24 bits per heavy atom. The number of hydrogen-bond donors (Lipinski definition) is 2. The second-order valence-electron chi connectivity index (χ2n) is 5.16. The average Bonchev–Trinajstić information content (AvgIpc) is 2.55. The molecule has 0 aromatic heterocycles. The van der Waals surface area contributed by atoms with Gasteiger partial charge in [0.05, 0.1) is 11.3 Å². The minimum absolute atomic E-state index is 0.0290. The summed E-state index contributed by atoms with van der Waals surface area (Å²) in [7, 11) is 1.68. The van der Waals surface area contributed by atoms with E-state index in [0.29, 0.717) is 0 Å². The molecule has 3 nitrogen and oxygen atoms in total. The zero-order valence-corrected chi connectivity index (χ0v) is 16.0. The number of nitrogens with one attached hydrogen (secondary N) is 2. The Labute approximate surface area is 157 Å². The van der Waals surface area contributed by atoms with Crippen molar-refractivity contribution in [2.24, 2.45) is 0 Å². The first-order valence-corrected chi connectivity index (χ1v) is 9.19. The van der Waals surface area contributed by atoms with Crippen LogP contribution in [0.15, 0.2) is 51.8 Å². The fourth-order valence-corrected chi connectivity index (χ4v) is 3.33. The third kappa shape index (κ3) is 5.15. The highest BCUT2D eigenvalue weighted by Gasteiger charge is 2.30. The van der Waals surface area contributed by atoms with Crippen LogP contribution in [0.25, 0.3) is 0 Å². The van der Waals surface area contributed by atoms with Gasteiger partial charge in [0.15, 0.2) is 5.96 Å². The minimum Gasteiger partial charge on any atom is -0.326 e. The number of alkyl halides is 3. The predicted octanol–water partition coefficient (Wildman–Crippen LogP) is 6.06. The van der Waals surface area contributed by atoms with Crippen LogP contribution >= 0.6 is 27.7 Å². The summed E-state index contributed by atoms with van der Waals surface area (Å²) in [6.45, 7) is 2.05. The molecule has 2 aromatic rings. The Bertz CT molecular complexity index is 765. The molecule has 0 bridgehead atoms. The molecule has 0 unspecified atom stereocenters. The van der Waals surface area contributed by atoms with Gasteiger partial charge in [0, 0.05) is 22.1 Å². The van der Waals surface area contributed by atoms with E-state index in [2.05, 4.69) is 21.2 Å². The maximum absolute atomic E-state index is 12.8. The van der Waals surface area contributed by atoms with Gasteiger partial charge in [-0.2, -0.15) is 13.2 Å². The quantitative estimate of drug-likeness (QED) is 0.350. The molecule has 0 aliphatic carbocycles. The molecule has 2 aromatic carbocycles. The van der Waals surface area contributed by atoms with Crippen molar-refractivity contribution in [3.05, 3.63) is 52.5 Å². The zero-order chi connectivity index (χ0) is 18.6. The lowest BCUT2D eigenvalue weighted by Crippen LogP contribution is -2.32. The normalized spacial score (nSPS) is 11.3. The van der Waals surface area contributed by atoms with Crippen LogP contribution in [0.4, 0.5) is 24.5 Å². The van der Waals surface area contributed by atoms with Gasteiger partial charge in [0.1, 0.15) is 0 Å². The van der Waals surface area contributed by atoms with E-state index in [4.69, 9.17) is 5.41 Å². The largest absolute Gasteiger partial charge is 0.416 e. The van der Waals surface area contributed by atoms with Crippen LogP contribution in [0.2, 0.25) is 0 Å². The van der Waals surface area contributed by atoms with E-state index in [0.717, 1.165) is 32.9 Å². The number of hydrogen-bond acceptors (Lipinski definition) is 2. The number of benzene rings is 2. The van der Waals surface area contributed by atoms with E-state index in [1.807, 2.05) is 25.1 Å². The van der Waals surface area contributed by atoms with Gasteiger partial charge in [0.25, 0.3) is 0 Å². The van der Waals surface area contributed by atoms with Crippen molar-refractivity contribution in [3.8, 4) is 0 Å². The second kappa shape index (κ2) is 8.14. The fourth-order valence-electron chi connectivity index (χ4n) is 2.12. The van der Waals surface area contributed by atoms with E-state index >= 15 is 0 Å². The first kappa shape index (κ1) is 19.7. The Morgan fingerprint density at radius 2 is 1.96 bits per heavy atom. The first-order valence-electron chi connectivity index (χ1n) is 7.41. The molecule has 0 atom stereocenters. The summed E-state index contributed by atoms with van der Waals surface area (Å²) < 4.78 is 39.2. The average molecular weight is 432 g/mol. The molecule has 0 saturated heterocycles. The summed E-state index contributed by atoms with van der Waals surface area (Å²) in [5, 5.41) is 10.9. The molecule has 0 radical (unpaired) electrons. The van der Waals surface area contributed by atoms with E-state index in [9.17, 15) is 13.2 Å². The fraction of sp³-hybridized carbons (Fsp3) is 0.235. The Balaban J connectivity index is 2.20. The molecule has 134 valence electrons. The molecular weight excluding hydrogens is 415 g/mol. The van der Waals surface area contributed by atoms with Crippen molar-refractivity contribution in [3.63, 3.8) is 0 Å². The monoisotopic (exact) mass is 431 g/mol. The summed E-state index contributed by atoms with van der Waals surface area (Å²) in [5.41, 5.74) is 0.209. The van der Waals surface area contributed by atoms with E-state index < -0.39 is 11.7 Å². The highest BCUT2D eigenvalue weighted by atomic mass is 79.9. The third-order valence-electron chi connectivity index (χ3n) is 3.38. The highest BCUT2D eigenvalue weighted by molar-refractivity contribution is 9.10. The van der Waals surface area contributed by atoms with Crippen LogP contribution in [0.5, 0.6) is 0 Å². The highest BCUT2D eigenvalue weighted by Crippen LogP contribution is 2.32. The number of guanidine groups is 1. The lowest BCUT2D eigenvalue weighted by atomic mass is 10.2. The molecular formula is C17H17BrF3N3S. The van der Waals surface area contributed by atoms with Crippen LogP contribution in [0, 0.1) is 5.41 Å². The molecule has 0 aliphatic rings. The predicted molar refractivity (Wildman–Crippen MR) is 102 cm³/mol. The molecule has 0 saturated carbocycles. The SMILES string of the molecule is CCSc1ccc(Br)c(N(C)C(=N)Nc2cccc(C(F)(F)F)c2)c1. The molecule has 0 amide bonds. The third-order valence-corrected chi connectivity index (χ3v) is 4.92. The molecule has 2 rings (SSSR count). The molecule has 0 fully saturated rings. The van der Waals surface area contributed by atoms with Crippen LogP contribution in [-0.2, 0) is 6.18 Å². The van der Waals surface area contributed by atoms with Crippen molar-refractivity contribution < 1.29 is 13.2 Å². The molecule has 2 N–H and O–H groups in total. The smallest absolute Gasteiger partial charge is 0.326 e. The molecule has 0 spiro atoms. The number of anilines is 2. The van der Waals surface area contributed by atoms with Gasteiger partial charge in [-0.3, -0.25) is 5.41 Å². The van der Waals surface area contributed by atoms with Crippen molar-refractivity contribution in [2.75, 3.05) is 23.0 Å². The topological polar surface area (TPSA) is 39.1 Å². The maximum atomic E-state index is 12.8. The number of nitrogens with zero attached hydrogens (tertiary/aromatic N) is 1. The first-order chi connectivity index (χ1) is 11.7. The van der Waals surface area contributed by atoms with Crippen LogP contribution in [0.3, 0.4) is 0 Å². The van der Waals surface area contributed by atoms with Gasteiger partial charge >= 0.3 is 6.18 Å². The lowest BCUT2D eigenvalue weighted by Gasteiger charge is -2.23. The van der Waals surface area contributed by atoms with E-state index in [1.165, 1.54) is 12.1 Å². The molecule has 8 heteroatoms. The Morgan fingerprint density at radius 3 is 2.60 bits per heavy atom. The van der Waals surface area contributed by atoms with Gasteiger partial charge < -0.3 is 10.2 Å². The van der Waals surface area contributed by atoms with Crippen LogP contribution in [0.1, 0.15) is 12.5 Å². The molecule has 25 heavy (non-hydrogen) atoms. The van der Waals surface area contributed by atoms with E-state index in [-0.39, 0.29) is 11.6 Å². The molecule has 0 aliphatic heterocycles. The summed E-state index contributed by atoms with van der Waals surface area (Å²) >= 11 is 5.12.